The maximum Gasteiger partial charge on any atom is 0.352 e. The molecule has 0 aliphatic carbocycles. The first kappa shape index (κ1) is 25.7. The minimum Gasteiger partial charge on any atom is -0.477 e. The number of carboxylic acid groups (broad SMARTS) is 1. The molecule has 14 heteroatoms. The fourth-order valence-corrected chi connectivity index (χ4v) is 6.20. The summed E-state index contributed by atoms with van der Waals surface area (Å²) < 4.78 is 3.87. The van der Waals surface area contributed by atoms with Crippen molar-refractivity contribution in [3.63, 3.8) is 0 Å². The lowest BCUT2D eigenvalue weighted by Gasteiger charge is -2.49. The number of carbonyl (C=O) groups is 3. The van der Waals surface area contributed by atoms with Crippen LogP contribution in [-0.2, 0) is 25.8 Å². The Morgan fingerprint density at radius 1 is 1.37 bits per heavy atom. The average Bonchev–Trinajstić information content (AvgIpc) is 3.52. The molecule has 0 radical (unpaired) electrons. The van der Waals surface area contributed by atoms with E-state index in [-0.39, 0.29) is 22.2 Å². The summed E-state index contributed by atoms with van der Waals surface area (Å²) in [6, 6.07) is 4.83. The van der Waals surface area contributed by atoms with E-state index in [1.165, 1.54) is 16.7 Å². The van der Waals surface area contributed by atoms with Gasteiger partial charge in [-0.25, -0.2) is 18.7 Å². The van der Waals surface area contributed by atoms with Crippen LogP contribution in [0.5, 0.6) is 0 Å². The first-order valence-corrected chi connectivity index (χ1v) is 13.9. The Morgan fingerprint density at radius 2 is 2.21 bits per heavy atom. The number of β-lactam (4-membered cyclic amide) rings is 1. The molecule has 5 heterocycles. The number of nitrogens with two attached hydrogens (primary N) is 1. The number of amides is 2. The smallest absolute Gasteiger partial charge is 0.352 e. The number of unbranched alkanes of at least 4 members (excludes halogenated alkanes) is 1. The summed E-state index contributed by atoms with van der Waals surface area (Å²) in [5, 5.41) is 18.0. The van der Waals surface area contributed by atoms with Gasteiger partial charge in [-0.05, 0) is 12.5 Å². The van der Waals surface area contributed by atoms with Crippen LogP contribution in [-0.4, -0.2) is 66.7 Å². The number of rotatable bonds is 10. The van der Waals surface area contributed by atoms with Crippen LogP contribution in [0.3, 0.4) is 0 Å². The number of carboxylic acids is 1. The molecular weight excluding hydrogens is 530 g/mol. The predicted molar refractivity (Wildman–Crippen MR) is 141 cm³/mol. The number of thiazole rings is 1. The highest BCUT2D eigenvalue weighted by Gasteiger charge is 2.54. The van der Waals surface area contributed by atoms with Gasteiger partial charge in [0, 0.05) is 22.8 Å². The molecule has 12 nitrogen and oxygen atoms in total. The number of pyridine rings is 1. The Hall–Kier alpha value is -3.91. The van der Waals surface area contributed by atoms with Crippen molar-refractivity contribution in [3.8, 4) is 0 Å². The number of carbonyl (C=O) groups excluding carboxylic acids is 2. The largest absolute Gasteiger partial charge is 0.477 e. The van der Waals surface area contributed by atoms with Crippen LogP contribution < -0.4 is 15.6 Å². The second-order valence-electron chi connectivity index (χ2n) is 8.71. The SMILES string of the molecule is CCCCO/N=C(\C(=O)N[C@@H]1C(=O)N2C(C(=O)O)=C(C[n+]3ccn4ccccc43)CS[C@H]12)c1csc(N)n1. The van der Waals surface area contributed by atoms with Crippen molar-refractivity contribution in [2.24, 2.45) is 5.16 Å². The predicted octanol–water partition coefficient (Wildman–Crippen LogP) is 1.23. The molecular formula is C24H26N7O5S2+. The van der Waals surface area contributed by atoms with Crippen LogP contribution in [0.4, 0.5) is 5.13 Å². The number of hydrogen-bond acceptors (Lipinski definition) is 9. The zero-order valence-electron chi connectivity index (χ0n) is 20.4. The van der Waals surface area contributed by atoms with E-state index in [9.17, 15) is 19.5 Å². The third-order valence-corrected chi connectivity index (χ3v) is 8.20. The number of oxime groups is 1. The van der Waals surface area contributed by atoms with Crippen molar-refractivity contribution in [2.75, 3.05) is 18.1 Å². The number of nitrogen functional groups attached to an aromatic ring is 1. The number of aromatic nitrogens is 3. The lowest BCUT2D eigenvalue weighted by Crippen LogP contribution is -2.71. The third-order valence-electron chi connectivity index (χ3n) is 6.19. The number of nitrogens with zero attached hydrogens (tertiary/aromatic N) is 5. The number of hydrogen-bond donors (Lipinski definition) is 3. The molecule has 0 bridgehead atoms. The molecule has 3 aromatic heterocycles. The van der Waals surface area contributed by atoms with E-state index in [1.807, 2.05) is 52.7 Å². The quantitative estimate of drug-likeness (QED) is 0.111. The minimum absolute atomic E-state index is 0.0453. The highest BCUT2D eigenvalue weighted by atomic mass is 32.2. The van der Waals surface area contributed by atoms with Crippen LogP contribution >= 0.6 is 23.1 Å². The number of nitrogens with one attached hydrogen (secondary N) is 1. The van der Waals surface area contributed by atoms with E-state index in [0.717, 1.165) is 29.8 Å². The average molecular weight is 557 g/mol. The fraction of sp³-hybridized carbons (Fsp3) is 0.333. The fourth-order valence-electron chi connectivity index (χ4n) is 4.32. The van der Waals surface area contributed by atoms with Gasteiger partial charge in [-0.2, -0.15) is 0 Å². The maximum absolute atomic E-state index is 13.2. The van der Waals surface area contributed by atoms with Gasteiger partial charge < -0.3 is 21.0 Å². The van der Waals surface area contributed by atoms with Crippen LogP contribution in [0.25, 0.3) is 5.65 Å². The Balaban J connectivity index is 1.34. The second-order valence-corrected chi connectivity index (χ2v) is 10.7. The molecule has 2 amide bonds. The van der Waals surface area contributed by atoms with Gasteiger partial charge in [0.15, 0.2) is 10.8 Å². The Labute approximate surface area is 225 Å². The summed E-state index contributed by atoms with van der Waals surface area (Å²) in [5.74, 6) is -1.94. The minimum atomic E-state index is -1.18. The van der Waals surface area contributed by atoms with E-state index in [2.05, 4.69) is 15.5 Å². The van der Waals surface area contributed by atoms with E-state index < -0.39 is 29.2 Å². The summed E-state index contributed by atoms with van der Waals surface area (Å²) in [7, 11) is 0. The first-order chi connectivity index (χ1) is 18.4. The van der Waals surface area contributed by atoms with Crippen molar-refractivity contribution >= 4 is 57.4 Å². The van der Waals surface area contributed by atoms with Crippen LogP contribution in [0.2, 0.25) is 0 Å². The van der Waals surface area contributed by atoms with Gasteiger partial charge in [0.2, 0.25) is 0 Å². The summed E-state index contributed by atoms with van der Waals surface area (Å²) in [6.45, 7) is 2.65. The van der Waals surface area contributed by atoms with Gasteiger partial charge in [0.1, 0.15) is 48.4 Å². The van der Waals surface area contributed by atoms with Crippen molar-refractivity contribution in [1.29, 1.82) is 0 Å². The van der Waals surface area contributed by atoms with E-state index >= 15 is 0 Å². The number of aliphatic carboxylic acids is 1. The normalized spacial score (nSPS) is 19.3. The summed E-state index contributed by atoms with van der Waals surface area (Å²) in [5.41, 5.74) is 7.35. The number of imidazole rings is 1. The number of thioether (sulfide) groups is 1. The maximum atomic E-state index is 13.2. The van der Waals surface area contributed by atoms with Crippen molar-refractivity contribution in [3.05, 3.63) is 59.1 Å². The highest BCUT2D eigenvalue weighted by Crippen LogP contribution is 2.40. The van der Waals surface area contributed by atoms with Gasteiger partial charge in [-0.1, -0.05) is 24.6 Å². The zero-order chi connectivity index (χ0) is 26.8. The molecule has 1 saturated heterocycles. The molecule has 4 N–H and O–H groups in total. The molecule has 198 valence electrons. The molecule has 3 aromatic rings. The molecule has 1 fully saturated rings. The van der Waals surface area contributed by atoms with Gasteiger partial charge >= 0.3 is 5.97 Å². The Morgan fingerprint density at radius 3 is 2.95 bits per heavy atom. The van der Waals surface area contributed by atoms with E-state index in [4.69, 9.17) is 10.6 Å². The van der Waals surface area contributed by atoms with Crippen LogP contribution in [0.15, 0.2) is 58.6 Å². The summed E-state index contributed by atoms with van der Waals surface area (Å²) in [4.78, 5) is 49.2. The topological polar surface area (TPSA) is 156 Å². The summed E-state index contributed by atoms with van der Waals surface area (Å²) >= 11 is 2.56. The van der Waals surface area contributed by atoms with Crippen molar-refractivity contribution in [2.45, 2.75) is 37.7 Å². The molecule has 2 aliphatic heterocycles. The molecule has 38 heavy (non-hydrogen) atoms. The van der Waals surface area contributed by atoms with Crippen molar-refractivity contribution < 1.29 is 28.9 Å². The Kier molecular flexibility index (Phi) is 7.33. The summed E-state index contributed by atoms with van der Waals surface area (Å²) in [6.07, 6.45) is 7.32. The molecule has 0 unspecified atom stereocenters. The molecule has 2 aliphatic rings. The van der Waals surface area contributed by atoms with Crippen molar-refractivity contribution in [1.82, 2.24) is 19.6 Å². The van der Waals surface area contributed by atoms with E-state index in [1.54, 1.807) is 5.38 Å². The molecule has 0 spiro atoms. The number of anilines is 1. The highest BCUT2D eigenvalue weighted by molar-refractivity contribution is 8.00. The monoisotopic (exact) mass is 556 g/mol. The van der Waals surface area contributed by atoms with Gasteiger partial charge in [0.25, 0.3) is 17.5 Å². The van der Waals surface area contributed by atoms with E-state index in [0.29, 0.717) is 24.5 Å². The van der Waals surface area contributed by atoms with Gasteiger partial charge in [-0.15, -0.1) is 23.1 Å². The molecule has 2 atom stereocenters. The van der Waals surface area contributed by atoms with Gasteiger partial charge in [-0.3, -0.25) is 14.5 Å². The molecule has 0 aromatic carbocycles. The molecule has 5 rings (SSSR count). The lowest BCUT2D eigenvalue weighted by atomic mass is 10.0. The first-order valence-electron chi connectivity index (χ1n) is 12.0. The third kappa shape index (κ3) is 4.84. The van der Waals surface area contributed by atoms with Crippen LogP contribution in [0, 0.1) is 0 Å². The number of fused-ring (bicyclic) bond motifs is 2. The lowest BCUT2D eigenvalue weighted by molar-refractivity contribution is -0.662. The van der Waals surface area contributed by atoms with Gasteiger partial charge in [0.05, 0.1) is 6.20 Å². The van der Waals surface area contributed by atoms with Crippen LogP contribution in [0.1, 0.15) is 25.5 Å². The second kappa shape index (κ2) is 10.8. The molecule has 0 saturated carbocycles. The standard InChI is InChI=1S/C24H25N7O5S2/c1-2-3-10-36-28-17(15-13-38-24(25)26-15)20(32)27-18-21(33)31-19(23(34)35)14(12-37-22(18)31)11-30-9-8-29-7-5-4-6-16(29)30/h4-9,13,18,22H,2-3,10-12H2,1H3,(H3-,25,26,27,32,34,35)/p+1/b28-17-/t18-,22-/m1/s1. The Bertz CT molecular complexity index is 1460. The zero-order valence-corrected chi connectivity index (χ0v) is 22.1.